The molecule has 0 spiro atoms. The minimum Gasteiger partial charge on any atom is -0.508 e. The zero-order valence-electron chi connectivity index (χ0n) is 13.4. The predicted octanol–water partition coefficient (Wildman–Crippen LogP) is 5.17. The standard InChI is InChI=1S/C21H19NO/c1-14-10-11-15(2)21-20(14)18-8-3-4-9-19(18)22(21)13-16-6-5-7-17(23)12-16/h3-12,23H,13H2,1-2H3. The maximum Gasteiger partial charge on any atom is 0.115 e. The molecule has 0 atom stereocenters. The number of phenols is 1. The highest BCUT2D eigenvalue weighted by Crippen LogP contribution is 2.34. The Morgan fingerprint density at radius 2 is 1.65 bits per heavy atom. The number of aromatic hydroxyl groups is 1. The van der Waals surface area contributed by atoms with E-state index in [0.717, 1.165) is 12.1 Å². The van der Waals surface area contributed by atoms with Crippen LogP contribution in [0.3, 0.4) is 0 Å². The molecule has 0 radical (unpaired) electrons. The first-order valence-corrected chi connectivity index (χ1v) is 7.90. The number of aromatic nitrogens is 1. The first kappa shape index (κ1) is 13.9. The number of aryl methyl sites for hydroxylation is 2. The Hall–Kier alpha value is -2.74. The molecular formula is C21H19NO. The van der Waals surface area contributed by atoms with Crippen LogP contribution in [0.4, 0.5) is 0 Å². The van der Waals surface area contributed by atoms with Crippen molar-refractivity contribution in [2.45, 2.75) is 20.4 Å². The van der Waals surface area contributed by atoms with E-state index >= 15 is 0 Å². The van der Waals surface area contributed by atoms with Gasteiger partial charge in [-0.3, -0.25) is 0 Å². The van der Waals surface area contributed by atoms with Crippen LogP contribution in [-0.4, -0.2) is 9.67 Å². The van der Waals surface area contributed by atoms with Crippen LogP contribution < -0.4 is 0 Å². The summed E-state index contributed by atoms with van der Waals surface area (Å²) < 4.78 is 2.36. The molecule has 114 valence electrons. The Kier molecular flexibility index (Phi) is 3.12. The van der Waals surface area contributed by atoms with Crippen molar-refractivity contribution in [2.75, 3.05) is 0 Å². The van der Waals surface area contributed by atoms with Crippen LogP contribution in [0.5, 0.6) is 5.75 Å². The number of para-hydroxylation sites is 1. The third-order valence-corrected chi connectivity index (χ3v) is 4.57. The van der Waals surface area contributed by atoms with Gasteiger partial charge in [0.05, 0.1) is 5.52 Å². The van der Waals surface area contributed by atoms with Gasteiger partial charge in [-0.15, -0.1) is 0 Å². The molecule has 0 fully saturated rings. The molecule has 0 aliphatic rings. The fourth-order valence-electron chi connectivity index (χ4n) is 3.53. The molecule has 1 N–H and O–H groups in total. The highest BCUT2D eigenvalue weighted by Gasteiger charge is 2.14. The van der Waals surface area contributed by atoms with Gasteiger partial charge in [-0.2, -0.15) is 0 Å². The molecule has 0 unspecified atom stereocenters. The van der Waals surface area contributed by atoms with Crippen LogP contribution in [-0.2, 0) is 6.54 Å². The summed E-state index contributed by atoms with van der Waals surface area (Å²) >= 11 is 0. The molecule has 1 aromatic heterocycles. The molecule has 23 heavy (non-hydrogen) atoms. The molecule has 0 saturated heterocycles. The summed E-state index contributed by atoms with van der Waals surface area (Å²) in [5, 5.41) is 12.4. The second-order valence-corrected chi connectivity index (χ2v) is 6.20. The van der Waals surface area contributed by atoms with Crippen LogP contribution in [0.1, 0.15) is 16.7 Å². The van der Waals surface area contributed by atoms with Crippen molar-refractivity contribution in [3.63, 3.8) is 0 Å². The van der Waals surface area contributed by atoms with E-state index in [1.165, 1.54) is 32.9 Å². The topological polar surface area (TPSA) is 25.2 Å². The minimum absolute atomic E-state index is 0.316. The monoisotopic (exact) mass is 301 g/mol. The summed E-state index contributed by atoms with van der Waals surface area (Å²) in [6, 6.07) is 20.5. The molecule has 0 saturated carbocycles. The first-order chi connectivity index (χ1) is 11.1. The maximum absolute atomic E-state index is 9.76. The van der Waals surface area contributed by atoms with Crippen LogP contribution in [0.25, 0.3) is 21.8 Å². The lowest BCUT2D eigenvalue weighted by molar-refractivity contribution is 0.474. The summed E-state index contributed by atoms with van der Waals surface area (Å²) in [6.45, 7) is 5.09. The Bertz CT molecular complexity index is 1030. The van der Waals surface area contributed by atoms with E-state index in [9.17, 15) is 5.11 Å². The highest BCUT2D eigenvalue weighted by molar-refractivity contribution is 6.10. The van der Waals surface area contributed by atoms with Gasteiger partial charge in [-0.05, 0) is 48.7 Å². The number of phenolic OH excluding ortho intramolecular Hbond substituents is 1. The number of rotatable bonds is 2. The van der Waals surface area contributed by atoms with Crippen LogP contribution in [0.15, 0.2) is 60.7 Å². The van der Waals surface area contributed by atoms with Crippen molar-refractivity contribution < 1.29 is 5.11 Å². The summed E-state index contributed by atoms with van der Waals surface area (Å²) in [7, 11) is 0. The quantitative estimate of drug-likeness (QED) is 0.543. The molecule has 0 bridgehead atoms. The Morgan fingerprint density at radius 1 is 0.870 bits per heavy atom. The molecule has 4 rings (SSSR count). The molecule has 2 heteroatoms. The van der Waals surface area contributed by atoms with Crippen molar-refractivity contribution >= 4 is 21.8 Å². The predicted molar refractivity (Wildman–Crippen MR) is 96.1 cm³/mol. The van der Waals surface area contributed by atoms with E-state index in [4.69, 9.17) is 0 Å². The van der Waals surface area contributed by atoms with E-state index in [-0.39, 0.29) is 0 Å². The van der Waals surface area contributed by atoms with Gasteiger partial charge in [0.25, 0.3) is 0 Å². The lowest BCUT2D eigenvalue weighted by atomic mass is 10.0. The van der Waals surface area contributed by atoms with Crippen molar-refractivity contribution in [3.8, 4) is 5.75 Å². The molecular weight excluding hydrogens is 282 g/mol. The highest BCUT2D eigenvalue weighted by atomic mass is 16.3. The van der Waals surface area contributed by atoms with Crippen LogP contribution in [0.2, 0.25) is 0 Å². The van der Waals surface area contributed by atoms with Gasteiger partial charge in [-0.1, -0.05) is 42.5 Å². The number of benzene rings is 3. The Balaban J connectivity index is 2.06. The van der Waals surface area contributed by atoms with Crippen LogP contribution in [0, 0.1) is 13.8 Å². The Labute approximate surface area is 135 Å². The van der Waals surface area contributed by atoms with Crippen molar-refractivity contribution in [3.05, 3.63) is 77.4 Å². The second-order valence-electron chi connectivity index (χ2n) is 6.20. The number of fused-ring (bicyclic) bond motifs is 3. The lowest BCUT2D eigenvalue weighted by Crippen LogP contribution is -2.00. The minimum atomic E-state index is 0.316. The van der Waals surface area contributed by atoms with E-state index in [2.05, 4.69) is 60.9 Å². The van der Waals surface area contributed by atoms with Crippen molar-refractivity contribution in [1.29, 1.82) is 0 Å². The molecule has 1 heterocycles. The summed E-state index contributed by atoms with van der Waals surface area (Å²) in [4.78, 5) is 0. The van der Waals surface area contributed by atoms with Gasteiger partial charge in [0, 0.05) is 22.8 Å². The molecule has 4 aromatic rings. The van der Waals surface area contributed by atoms with Gasteiger partial charge in [-0.25, -0.2) is 0 Å². The van der Waals surface area contributed by atoms with Gasteiger partial charge < -0.3 is 9.67 Å². The summed E-state index contributed by atoms with van der Waals surface area (Å²) in [6.07, 6.45) is 0. The fourth-order valence-corrected chi connectivity index (χ4v) is 3.53. The molecule has 3 aromatic carbocycles. The van der Waals surface area contributed by atoms with Gasteiger partial charge in [0.1, 0.15) is 5.75 Å². The zero-order chi connectivity index (χ0) is 16.0. The Morgan fingerprint density at radius 3 is 2.48 bits per heavy atom. The zero-order valence-corrected chi connectivity index (χ0v) is 13.4. The number of nitrogens with zero attached hydrogens (tertiary/aromatic N) is 1. The lowest BCUT2D eigenvalue weighted by Gasteiger charge is -2.10. The molecule has 2 nitrogen and oxygen atoms in total. The fraction of sp³-hybridized carbons (Fsp3) is 0.143. The largest absolute Gasteiger partial charge is 0.508 e. The van der Waals surface area contributed by atoms with Crippen molar-refractivity contribution in [1.82, 2.24) is 4.57 Å². The average molecular weight is 301 g/mol. The van der Waals surface area contributed by atoms with Crippen LogP contribution >= 0.6 is 0 Å². The molecule has 0 amide bonds. The molecule has 0 aliphatic carbocycles. The summed E-state index contributed by atoms with van der Waals surface area (Å²) in [5.74, 6) is 0.316. The first-order valence-electron chi connectivity index (χ1n) is 7.90. The SMILES string of the molecule is Cc1ccc(C)c2c1c1ccccc1n2Cc1cccc(O)c1. The molecule has 0 aliphatic heterocycles. The van der Waals surface area contributed by atoms with E-state index in [0.29, 0.717) is 5.75 Å². The normalized spacial score (nSPS) is 11.4. The van der Waals surface area contributed by atoms with Gasteiger partial charge in [0.2, 0.25) is 0 Å². The van der Waals surface area contributed by atoms with E-state index in [1.54, 1.807) is 6.07 Å². The third kappa shape index (κ3) is 2.18. The average Bonchev–Trinajstić information content (AvgIpc) is 2.87. The maximum atomic E-state index is 9.76. The van der Waals surface area contributed by atoms with Crippen molar-refractivity contribution in [2.24, 2.45) is 0 Å². The van der Waals surface area contributed by atoms with E-state index < -0.39 is 0 Å². The van der Waals surface area contributed by atoms with E-state index in [1.807, 2.05) is 12.1 Å². The van der Waals surface area contributed by atoms with Gasteiger partial charge in [0.15, 0.2) is 0 Å². The number of hydrogen-bond acceptors (Lipinski definition) is 1. The number of hydrogen-bond donors (Lipinski definition) is 1. The summed E-state index contributed by atoms with van der Waals surface area (Å²) in [5.41, 5.74) is 6.21. The van der Waals surface area contributed by atoms with Gasteiger partial charge >= 0.3 is 0 Å². The smallest absolute Gasteiger partial charge is 0.115 e. The second kappa shape index (κ2) is 5.17. The third-order valence-electron chi connectivity index (χ3n) is 4.57.